The zero-order valence-electron chi connectivity index (χ0n) is 21.3. The maximum absolute atomic E-state index is 13.5. The number of fused-ring (bicyclic) bond motifs is 1. The molecule has 9 heteroatoms. The molecule has 0 saturated carbocycles. The van der Waals surface area contributed by atoms with Crippen molar-refractivity contribution in [1.82, 2.24) is 4.98 Å². The van der Waals surface area contributed by atoms with E-state index in [9.17, 15) is 23.1 Å². The van der Waals surface area contributed by atoms with Gasteiger partial charge in [-0.3, -0.25) is 14.5 Å². The van der Waals surface area contributed by atoms with Gasteiger partial charge in [-0.25, -0.2) is 13.4 Å². The molecule has 38 heavy (non-hydrogen) atoms. The number of rotatable bonds is 4. The van der Waals surface area contributed by atoms with Gasteiger partial charge in [0, 0.05) is 11.8 Å². The first-order chi connectivity index (χ1) is 17.9. The summed E-state index contributed by atoms with van der Waals surface area (Å²) in [5.41, 5.74) is 2.52. The molecule has 7 nitrogen and oxygen atoms in total. The molecule has 1 aliphatic rings. The van der Waals surface area contributed by atoms with E-state index in [1.54, 1.807) is 36.4 Å². The van der Waals surface area contributed by atoms with Crippen LogP contribution in [-0.4, -0.2) is 36.5 Å². The Morgan fingerprint density at radius 2 is 1.63 bits per heavy atom. The van der Waals surface area contributed by atoms with Crippen molar-refractivity contribution >= 4 is 54.0 Å². The summed E-state index contributed by atoms with van der Waals surface area (Å²) in [6.07, 6.45) is 1.12. The third-order valence-corrected chi connectivity index (χ3v) is 8.69. The van der Waals surface area contributed by atoms with Gasteiger partial charge in [-0.2, -0.15) is 0 Å². The molecule has 0 radical (unpaired) electrons. The van der Waals surface area contributed by atoms with Gasteiger partial charge < -0.3 is 5.11 Å². The third-order valence-electron chi connectivity index (χ3n) is 6.57. The molecule has 1 N–H and O–H groups in total. The van der Waals surface area contributed by atoms with Crippen molar-refractivity contribution in [1.29, 1.82) is 0 Å². The molecule has 1 saturated heterocycles. The standard InChI is InChI=1S/C29H26N2O5S2/c1-29(2,3)19-12-10-17(11-13-19)24-23(25(32)18-8-6-5-7-9-18)26(33)27(34)31(24)28-30-21-15-14-20(38(4,35)36)16-22(21)37-28/h5-16,24,32H,1-4H3/b25-23+. The molecule has 194 valence electrons. The molecule has 1 aromatic heterocycles. The average Bonchev–Trinajstić information content (AvgIpc) is 3.41. The Kier molecular flexibility index (Phi) is 6.24. The molecule has 4 aromatic rings. The Labute approximate surface area is 225 Å². The lowest BCUT2D eigenvalue weighted by Gasteiger charge is -2.24. The molecule has 1 unspecified atom stereocenters. The largest absolute Gasteiger partial charge is 0.507 e. The molecule has 0 spiro atoms. The van der Waals surface area contributed by atoms with Crippen molar-refractivity contribution in [3.8, 4) is 0 Å². The fraction of sp³-hybridized carbons (Fsp3) is 0.207. The van der Waals surface area contributed by atoms with Crippen LogP contribution in [0.4, 0.5) is 5.13 Å². The van der Waals surface area contributed by atoms with Crippen LogP contribution in [0.5, 0.6) is 0 Å². The lowest BCUT2D eigenvalue weighted by molar-refractivity contribution is -0.132. The number of aromatic nitrogens is 1. The first-order valence-corrected chi connectivity index (χ1v) is 14.6. The molecular formula is C29H26N2O5S2. The number of anilines is 1. The van der Waals surface area contributed by atoms with Crippen LogP contribution in [0.15, 0.2) is 83.3 Å². The second-order valence-electron chi connectivity index (χ2n) is 10.3. The SMILES string of the molecule is CC(C)(C)c1ccc(C2/C(=C(\O)c3ccccc3)C(=O)C(=O)N2c2nc3ccc(S(C)(=O)=O)cc3s2)cc1. The normalized spacial score (nSPS) is 17.9. The maximum Gasteiger partial charge on any atom is 0.301 e. The second kappa shape index (κ2) is 9.18. The van der Waals surface area contributed by atoms with Crippen molar-refractivity contribution in [2.24, 2.45) is 0 Å². The lowest BCUT2D eigenvalue weighted by atomic mass is 9.85. The molecule has 1 fully saturated rings. The minimum absolute atomic E-state index is 0.0270. The Bertz CT molecular complexity index is 1710. The summed E-state index contributed by atoms with van der Waals surface area (Å²) in [6.45, 7) is 6.28. The number of aliphatic hydroxyl groups excluding tert-OH is 1. The van der Waals surface area contributed by atoms with Crippen LogP contribution in [0.1, 0.15) is 43.5 Å². The van der Waals surface area contributed by atoms with Crippen LogP contribution in [-0.2, 0) is 24.8 Å². The predicted octanol–water partition coefficient (Wildman–Crippen LogP) is 5.62. The van der Waals surface area contributed by atoms with Crippen LogP contribution < -0.4 is 4.90 Å². The van der Waals surface area contributed by atoms with E-state index in [1.165, 1.54) is 17.0 Å². The van der Waals surface area contributed by atoms with Crippen molar-refractivity contribution < 1.29 is 23.1 Å². The molecule has 2 heterocycles. The third kappa shape index (κ3) is 4.52. The van der Waals surface area contributed by atoms with Gasteiger partial charge in [-0.1, -0.05) is 86.7 Å². The number of thiazole rings is 1. The molecule has 3 aromatic carbocycles. The van der Waals surface area contributed by atoms with Crippen LogP contribution >= 0.6 is 11.3 Å². The summed E-state index contributed by atoms with van der Waals surface area (Å²) < 4.78 is 24.7. The second-order valence-corrected chi connectivity index (χ2v) is 13.3. The number of carbonyl (C=O) groups is 2. The van der Waals surface area contributed by atoms with Gasteiger partial charge in [0.25, 0.3) is 5.78 Å². The highest BCUT2D eigenvalue weighted by Crippen LogP contribution is 2.44. The summed E-state index contributed by atoms with van der Waals surface area (Å²) in [4.78, 5) is 32.9. The van der Waals surface area contributed by atoms with Crippen LogP contribution in [0.25, 0.3) is 16.0 Å². The lowest BCUT2D eigenvalue weighted by Crippen LogP contribution is -2.29. The van der Waals surface area contributed by atoms with Crippen LogP contribution in [0.2, 0.25) is 0 Å². The van der Waals surface area contributed by atoms with Gasteiger partial charge in [0.1, 0.15) is 5.76 Å². The highest BCUT2D eigenvalue weighted by atomic mass is 32.2. The zero-order chi connectivity index (χ0) is 27.4. The molecule has 0 bridgehead atoms. The van der Waals surface area contributed by atoms with E-state index in [2.05, 4.69) is 25.8 Å². The number of ketones is 1. The molecule has 5 rings (SSSR count). The smallest absolute Gasteiger partial charge is 0.301 e. The summed E-state index contributed by atoms with van der Waals surface area (Å²) in [6, 6.07) is 19.9. The minimum atomic E-state index is -3.44. The monoisotopic (exact) mass is 546 g/mol. The zero-order valence-corrected chi connectivity index (χ0v) is 22.9. The summed E-state index contributed by atoms with van der Waals surface area (Å²) in [5, 5.41) is 11.5. The van der Waals surface area contributed by atoms with E-state index >= 15 is 0 Å². The van der Waals surface area contributed by atoms with Gasteiger partial charge in [0.05, 0.1) is 26.7 Å². The number of sulfone groups is 1. The van der Waals surface area contributed by atoms with E-state index in [0.717, 1.165) is 23.2 Å². The fourth-order valence-electron chi connectivity index (χ4n) is 4.49. The molecule has 1 aliphatic heterocycles. The molecule has 0 aliphatic carbocycles. The minimum Gasteiger partial charge on any atom is -0.507 e. The van der Waals surface area contributed by atoms with Gasteiger partial charge in [0.15, 0.2) is 15.0 Å². The fourth-order valence-corrected chi connectivity index (χ4v) is 6.24. The quantitative estimate of drug-likeness (QED) is 0.202. The Balaban J connectivity index is 1.71. The van der Waals surface area contributed by atoms with Crippen molar-refractivity contribution in [2.75, 3.05) is 11.2 Å². The predicted molar refractivity (Wildman–Crippen MR) is 149 cm³/mol. The van der Waals surface area contributed by atoms with Gasteiger partial charge >= 0.3 is 5.91 Å². The van der Waals surface area contributed by atoms with Gasteiger partial charge in [0.2, 0.25) is 0 Å². The van der Waals surface area contributed by atoms with Gasteiger partial charge in [-0.15, -0.1) is 0 Å². The Hall–Kier alpha value is -3.82. The van der Waals surface area contributed by atoms with Gasteiger partial charge in [-0.05, 0) is 34.7 Å². The maximum atomic E-state index is 13.5. The van der Waals surface area contributed by atoms with E-state index in [-0.39, 0.29) is 26.8 Å². The van der Waals surface area contributed by atoms with Crippen LogP contribution in [0, 0.1) is 0 Å². The number of Topliss-reactive ketones (excluding diaryl/α,β-unsaturated/α-hetero) is 1. The number of amides is 1. The van der Waals surface area contributed by atoms with Crippen molar-refractivity contribution in [3.05, 3.63) is 95.1 Å². The highest BCUT2D eigenvalue weighted by Gasteiger charge is 2.48. The number of nitrogens with zero attached hydrogens (tertiary/aromatic N) is 2. The topological polar surface area (TPSA) is 105 Å². The van der Waals surface area contributed by atoms with E-state index < -0.39 is 27.6 Å². The first-order valence-electron chi connectivity index (χ1n) is 11.9. The Morgan fingerprint density at radius 1 is 0.974 bits per heavy atom. The number of benzene rings is 3. The number of hydrogen-bond acceptors (Lipinski definition) is 7. The number of carbonyl (C=O) groups excluding carboxylic acids is 2. The molecule has 1 atom stereocenters. The van der Waals surface area contributed by atoms with E-state index in [0.29, 0.717) is 21.3 Å². The molecular weight excluding hydrogens is 520 g/mol. The number of hydrogen-bond donors (Lipinski definition) is 1. The molecule has 1 amide bonds. The average molecular weight is 547 g/mol. The Morgan fingerprint density at radius 3 is 2.24 bits per heavy atom. The van der Waals surface area contributed by atoms with Crippen LogP contribution in [0.3, 0.4) is 0 Å². The van der Waals surface area contributed by atoms with Crippen molar-refractivity contribution in [2.45, 2.75) is 37.1 Å². The summed E-state index contributed by atoms with van der Waals surface area (Å²) in [7, 11) is -3.44. The first kappa shape index (κ1) is 25.8. The highest BCUT2D eigenvalue weighted by molar-refractivity contribution is 7.90. The van der Waals surface area contributed by atoms with Crippen molar-refractivity contribution in [3.63, 3.8) is 0 Å². The summed E-state index contributed by atoms with van der Waals surface area (Å²) >= 11 is 1.12. The van der Waals surface area contributed by atoms with E-state index in [1.807, 2.05) is 24.3 Å². The van der Waals surface area contributed by atoms with E-state index in [4.69, 9.17) is 0 Å². The summed E-state index contributed by atoms with van der Waals surface area (Å²) in [5.74, 6) is -1.89. The number of aliphatic hydroxyl groups is 1.